The summed E-state index contributed by atoms with van der Waals surface area (Å²) in [6, 6.07) is 12.0. The fraction of sp³-hybridized carbons (Fsp3) is 0.118. The van der Waals surface area contributed by atoms with E-state index in [1.54, 1.807) is 55.6 Å². The predicted molar refractivity (Wildman–Crippen MR) is 84.0 cm³/mol. The Bertz CT molecular complexity index is 854. The van der Waals surface area contributed by atoms with Gasteiger partial charge in [0.05, 0.1) is 11.0 Å². The van der Waals surface area contributed by atoms with Crippen LogP contribution in [0.25, 0.3) is 11.0 Å². The summed E-state index contributed by atoms with van der Waals surface area (Å²) in [4.78, 5) is 20.6. The number of benzene rings is 1. The van der Waals surface area contributed by atoms with Crippen LogP contribution in [-0.4, -0.2) is 15.9 Å². The summed E-state index contributed by atoms with van der Waals surface area (Å²) in [5, 5.41) is 2.69. The average molecular weight is 297 g/mol. The van der Waals surface area contributed by atoms with Crippen LogP contribution >= 0.6 is 0 Å². The fourth-order valence-electron chi connectivity index (χ4n) is 2.19. The van der Waals surface area contributed by atoms with Gasteiger partial charge in [-0.25, -0.2) is 9.37 Å². The van der Waals surface area contributed by atoms with Crippen molar-refractivity contribution in [1.29, 1.82) is 0 Å². The Kier molecular flexibility index (Phi) is 3.78. The number of hydrogen-bond donors (Lipinski definition) is 1. The lowest BCUT2D eigenvalue weighted by Gasteiger charge is -2.08. The first-order valence-electron chi connectivity index (χ1n) is 6.89. The van der Waals surface area contributed by atoms with Gasteiger partial charge in [0.15, 0.2) is 0 Å². The van der Waals surface area contributed by atoms with Crippen molar-refractivity contribution in [3.05, 3.63) is 71.3 Å². The molecule has 4 nitrogen and oxygen atoms in total. The number of rotatable bonds is 3. The van der Waals surface area contributed by atoms with Gasteiger partial charge in [0.2, 0.25) is 0 Å². The second-order valence-electron chi connectivity index (χ2n) is 4.97. The lowest BCUT2D eigenvalue weighted by molar-refractivity contribution is 0.0946. The summed E-state index contributed by atoms with van der Waals surface area (Å²) in [5.41, 5.74) is 2.67. The van der Waals surface area contributed by atoms with Crippen LogP contribution in [0.1, 0.15) is 23.0 Å². The maximum Gasteiger partial charge on any atom is 0.270 e. The first-order valence-corrected chi connectivity index (χ1v) is 6.89. The molecule has 0 fully saturated rings. The van der Waals surface area contributed by atoms with Crippen LogP contribution in [0, 0.1) is 12.7 Å². The smallest absolute Gasteiger partial charge is 0.270 e. The first-order chi connectivity index (χ1) is 10.6. The summed E-state index contributed by atoms with van der Waals surface area (Å²) < 4.78 is 13.9. The monoisotopic (exact) mass is 297 g/mol. The van der Waals surface area contributed by atoms with Gasteiger partial charge in [-0.1, -0.05) is 18.2 Å². The molecule has 0 aliphatic rings. The Balaban J connectivity index is 0.00000192. The highest BCUT2D eigenvalue weighted by atomic mass is 19.1. The highest BCUT2D eigenvalue weighted by Gasteiger charge is 2.10. The second-order valence-corrected chi connectivity index (χ2v) is 4.97. The van der Waals surface area contributed by atoms with Crippen LogP contribution in [0.5, 0.6) is 0 Å². The van der Waals surface area contributed by atoms with Gasteiger partial charge in [-0.3, -0.25) is 9.78 Å². The third kappa shape index (κ3) is 2.79. The zero-order valence-corrected chi connectivity index (χ0v) is 12.0. The molecule has 1 aromatic carbocycles. The molecule has 0 radical (unpaired) electrons. The SMILES string of the molecule is Cc1cccc(CNC(=O)c2ccc3ncccc3n2)c1F.[HH]. The summed E-state index contributed by atoms with van der Waals surface area (Å²) in [7, 11) is 0. The summed E-state index contributed by atoms with van der Waals surface area (Å²) in [6.07, 6.45) is 1.67. The van der Waals surface area contributed by atoms with Gasteiger partial charge >= 0.3 is 0 Å². The minimum absolute atomic E-state index is 0. The van der Waals surface area contributed by atoms with E-state index in [2.05, 4.69) is 15.3 Å². The fourth-order valence-corrected chi connectivity index (χ4v) is 2.19. The molecule has 0 atom stereocenters. The van der Waals surface area contributed by atoms with Gasteiger partial charge in [0.25, 0.3) is 5.91 Å². The number of halogens is 1. The molecular weight excluding hydrogens is 281 g/mol. The van der Waals surface area contributed by atoms with E-state index < -0.39 is 0 Å². The first kappa shape index (κ1) is 14.1. The predicted octanol–water partition coefficient (Wildman–Crippen LogP) is 3.25. The van der Waals surface area contributed by atoms with Gasteiger partial charge in [-0.05, 0) is 36.8 Å². The third-order valence-corrected chi connectivity index (χ3v) is 3.40. The Hall–Kier alpha value is -2.82. The van der Waals surface area contributed by atoms with Gasteiger partial charge in [-0.15, -0.1) is 0 Å². The molecule has 0 unspecified atom stereocenters. The van der Waals surface area contributed by atoms with Crippen molar-refractivity contribution in [3.8, 4) is 0 Å². The van der Waals surface area contributed by atoms with Gasteiger partial charge in [0.1, 0.15) is 11.5 Å². The molecule has 0 saturated carbocycles. The number of nitrogens with one attached hydrogen (secondary N) is 1. The Labute approximate surface area is 128 Å². The van der Waals surface area contributed by atoms with Crippen molar-refractivity contribution in [3.63, 3.8) is 0 Å². The number of amides is 1. The molecule has 5 heteroatoms. The van der Waals surface area contributed by atoms with Crippen LogP contribution in [0.4, 0.5) is 4.39 Å². The molecular formula is C17H16FN3O. The topological polar surface area (TPSA) is 54.9 Å². The number of aryl methyl sites for hydroxylation is 1. The lowest BCUT2D eigenvalue weighted by atomic mass is 10.1. The number of aromatic nitrogens is 2. The largest absolute Gasteiger partial charge is 0.347 e. The van der Waals surface area contributed by atoms with Crippen LogP contribution in [0.15, 0.2) is 48.7 Å². The maximum absolute atomic E-state index is 13.9. The van der Waals surface area contributed by atoms with Crippen molar-refractivity contribution in [1.82, 2.24) is 15.3 Å². The molecule has 0 spiro atoms. The van der Waals surface area contributed by atoms with Crippen molar-refractivity contribution in [2.75, 3.05) is 0 Å². The molecule has 3 aromatic rings. The van der Waals surface area contributed by atoms with Crippen LogP contribution < -0.4 is 5.32 Å². The minimum atomic E-state index is -0.341. The van der Waals surface area contributed by atoms with Crippen molar-refractivity contribution >= 4 is 16.9 Å². The zero-order valence-electron chi connectivity index (χ0n) is 12.0. The number of pyridine rings is 2. The number of carbonyl (C=O) groups is 1. The average Bonchev–Trinajstić information content (AvgIpc) is 2.55. The van der Waals surface area contributed by atoms with E-state index in [1.165, 1.54) is 0 Å². The molecule has 0 aliphatic heterocycles. The molecule has 2 heterocycles. The van der Waals surface area contributed by atoms with Gasteiger partial charge in [0, 0.05) is 19.7 Å². The van der Waals surface area contributed by atoms with E-state index in [1.807, 2.05) is 0 Å². The van der Waals surface area contributed by atoms with E-state index in [0.29, 0.717) is 16.6 Å². The third-order valence-electron chi connectivity index (χ3n) is 3.40. The zero-order chi connectivity index (χ0) is 15.5. The van der Waals surface area contributed by atoms with E-state index in [9.17, 15) is 9.18 Å². The van der Waals surface area contributed by atoms with Crippen molar-refractivity contribution in [2.45, 2.75) is 13.5 Å². The second kappa shape index (κ2) is 5.89. The molecule has 0 aliphatic carbocycles. The van der Waals surface area contributed by atoms with Gasteiger partial charge in [-0.2, -0.15) is 0 Å². The van der Waals surface area contributed by atoms with Crippen molar-refractivity contribution in [2.24, 2.45) is 0 Å². The van der Waals surface area contributed by atoms with Crippen LogP contribution in [0.3, 0.4) is 0 Å². The molecule has 0 bridgehead atoms. The maximum atomic E-state index is 13.9. The standard InChI is InChI=1S/C17H14FN3O.H2/c1-11-4-2-5-12(16(11)18)10-20-17(22)15-8-7-13-14(21-15)6-3-9-19-13;/h2-9H,10H2,1H3,(H,20,22);1H. The molecule has 2 aromatic heterocycles. The molecule has 22 heavy (non-hydrogen) atoms. The number of hydrogen-bond acceptors (Lipinski definition) is 3. The van der Waals surface area contributed by atoms with E-state index in [0.717, 1.165) is 5.52 Å². The highest BCUT2D eigenvalue weighted by Crippen LogP contribution is 2.12. The summed E-state index contributed by atoms with van der Waals surface area (Å²) in [6.45, 7) is 1.82. The quantitative estimate of drug-likeness (QED) is 0.807. The minimum Gasteiger partial charge on any atom is -0.347 e. The highest BCUT2D eigenvalue weighted by molar-refractivity contribution is 5.94. The van der Waals surface area contributed by atoms with Crippen LogP contribution in [-0.2, 0) is 6.54 Å². The Morgan fingerprint density at radius 3 is 2.91 bits per heavy atom. The molecule has 1 amide bonds. The molecule has 3 rings (SSSR count). The molecule has 112 valence electrons. The summed E-state index contributed by atoms with van der Waals surface area (Å²) >= 11 is 0. The summed E-state index contributed by atoms with van der Waals surface area (Å²) in [5.74, 6) is -0.634. The number of fused-ring (bicyclic) bond motifs is 1. The Morgan fingerprint density at radius 1 is 1.18 bits per heavy atom. The number of nitrogens with zero attached hydrogens (tertiary/aromatic N) is 2. The number of carbonyl (C=O) groups excluding carboxylic acids is 1. The lowest BCUT2D eigenvalue weighted by Crippen LogP contribution is -2.24. The normalized spacial score (nSPS) is 10.6. The molecule has 0 saturated heterocycles. The van der Waals surface area contributed by atoms with Gasteiger partial charge < -0.3 is 5.32 Å². The van der Waals surface area contributed by atoms with E-state index in [-0.39, 0.29) is 25.4 Å². The Morgan fingerprint density at radius 2 is 2.05 bits per heavy atom. The molecule has 1 N–H and O–H groups in total. The van der Waals surface area contributed by atoms with E-state index >= 15 is 0 Å². The van der Waals surface area contributed by atoms with Crippen molar-refractivity contribution < 1.29 is 10.6 Å². The van der Waals surface area contributed by atoms with E-state index in [4.69, 9.17) is 0 Å². The van der Waals surface area contributed by atoms with Crippen LogP contribution in [0.2, 0.25) is 0 Å².